The molecule has 1 aromatic heterocycles. The van der Waals surface area contributed by atoms with E-state index < -0.39 is 0 Å². The Morgan fingerprint density at radius 2 is 2.28 bits per heavy atom. The highest BCUT2D eigenvalue weighted by Crippen LogP contribution is 2.24. The van der Waals surface area contributed by atoms with Crippen LogP contribution >= 0.6 is 23.1 Å². The summed E-state index contributed by atoms with van der Waals surface area (Å²) in [4.78, 5) is 5.90. The number of benzene rings is 1. The van der Waals surface area contributed by atoms with Crippen LogP contribution in [0.2, 0.25) is 0 Å². The number of nitrogens with zero attached hydrogens (tertiary/aromatic N) is 1. The molecule has 0 saturated heterocycles. The van der Waals surface area contributed by atoms with Crippen molar-refractivity contribution in [3.63, 3.8) is 0 Å². The van der Waals surface area contributed by atoms with Crippen molar-refractivity contribution in [3.05, 3.63) is 45.9 Å². The Morgan fingerprint density at radius 1 is 1.39 bits per heavy atom. The molecular formula is C14H18N2S2. The van der Waals surface area contributed by atoms with Gasteiger partial charge < -0.3 is 5.32 Å². The van der Waals surface area contributed by atoms with Gasteiger partial charge in [-0.25, -0.2) is 4.98 Å². The van der Waals surface area contributed by atoms with E-state index in [-0.39, 0.29) is 0 Å². The second kappa shape index (κ2) is 6.92. The summed E-state index contributed by atoms with van der Waals surface area (Å²) in [7, 11) is 1.97. The molecule has 96 valence electrons. The van der Waals surface area contributed by atoms with E-state index in [9.17, 15) is 0 Å². The van der Waals surface area contributed by atoms with E-state index in [1.54, 1.807) is 11.3 Å². The van der Waals surface area contributed by atoms with Gasteiger partial charge in [0.15, 0.2) is 0 Å². The molecule has 1 N–H and O–H groups in total. The molecular weight excluding hydrogens is 260 g/mol. The van der Waals surface area contributed by atoms with Crippen LogP contribution in [0, 0.1) is 0 Å². The maximum absolute atomic E-state index is 4.59. The Bertz CT molecular complexity index is 494. The van der Waals surface area contributed by atoms with Gasteiger partial charge in [-0.2, -0.15) is 0 Å². The number of nitrogens with one attached hydrogen (secondary N) is 1. The van der Waals surface area contributed by atoms with Crippen LogP contribution in [0.15, 0.2) is 34.5 Å². The summed E-state index contributed by atoms with van der Waals surface area (Å²) in [6, 6.07) is 8.68. The smallest absolute Gasteiger partial charge is 0.0925 e. The minimum Gasteiger partial charge on any atom is -0.316 e. The van der Waals surface area contributed by atoms with E-state index in [0.29, 0.717) is 0 Å². The van der Waals surface area contributed by atoms with Crippen molar-refractivity contribution in [1.29, 1.82) is 0 Å². The SMILES string of the molecule is CCc1nc(CSc2cccc(CNC)c2)cs1. The van der Waals surface area contributed by atoms with Crippen LogP contribution in [0.5, 0.6) is 0 Å². The Hall–Kier alpha value is -0.840. The Morgan fingerprint density at radius 3 is 3.00 bits per heavy atom. The first-order valence-corrected chi connectivity index (χ1v) is 7.98. The third-order valence-corrected chi connectivity index (χ3v) is 4.64. The number of aryl methyl sites for hydroxylation is 1. The molecule has 18 heavy (non-hydrogen) atoms. The Labute approximate surface area is 117 Å². The standard InChI is InChI=1S/C14H18N2S2/c1-3-14-16-12(10-18-14)9-17-13-6-4-5-11(7-13)8-15-2/h4-7,10,15H,3,8-9H2,1-2H3. The number of thiazole rings is 1. The van der Waals surface area contributed by atoms with Gasteiger partial charge >= 0.3 is 0 Å². The number of hydrogen-bond acceptors (Lipinski definition) is 4. The van der Waals surface area contributed by atoms with Gasteiger partial charge in [0.2, 0.25) is 0 Å². The summed E-state index contributed by atoms with van der Waals surface area (Å²) in [5.41, 5.74) is 2.52. The van der Waals surface area contributed by atoms with Crippen molar-refractivity contribution >= 4 is 23.1 Å². The van der Waals surface area contributed by atoms with Gasteiger partial charge in [-0.15, -0.1) is 23.1 Å². The van der Waals surface area contributed by atoms with Crippen LogP contribution in [-0.4, -0.2) is 12.0 Å². The predicted molar refractivity (Wildman–Crippen MR) is 80.3 cm³/mol. The molecule has 0 aliphatic carbocycles. The average molecular weight is 278 g/mol. The minimum absolute atomic E-state index is 0.922. The molecule has 2 rings (SSSR count). The van der Waals surface area contributed by atoms with Crippen LogP contribution in [0.3, 0.4) is 0 Å². The van der Waals surface area contributed by atoms with Crippen molar-refractivity contribution in [1.82, 2.24) is 10.3 Å². The number of aromatic nitrogens is 1. The number of thioether (sulfide) groups is 1. The highest BCUT2D eigenvalue weighted by Gasteiger charge is 2.02. The van der Waals surface area contributed by atoms with E-state index in [1.165, 1.54) is 21.2 Å². The van der Waals surface area contributed by atoms with Gasteiger partial charge in [-0.05, 0) is 31.2 Å². The molecule has 0 aliphatic heterocycles. The molecule has 0 saturated carbocycles. The van der Waals surface area contributed by atoms with Crippen molar-refractivity contribution in [2.75, 3.05) is 7.05 Å². The minimum atomic E-state index is 0.922. The first-order chi connectivity index (χ1) is 8.81. The fraction of sp³-hybridized carbons (Fsp3) is 0.357. The highest BCUT2D eigenvalue weighted by atomic mass is 32.2. The molecule has 0 aliphatic rings. The molecule has 2 aromatic rings. The maximum Gasteiger partial charge on any atom is 0.0925 e. The molecule has 0 amide bonds. The number of rotatable bonds is 6. The van der Waals surface area contributed by atoms with Gasteiger partial charge in [0.1, 0.15) is 0 Å². The van der Waals surface area contributed by atoms with E-state index in [0.717, 1.165) is 18.7 Å². The second-order valence-corrected chi connectivity index (χ2v) is 6.04. The van der Waals surface area contributed by atoms with Crippen LogP contribution in [0.1, 0.15) is 23.2 Å². The van der Waals surface area contributed by atoms with Gasteiger partial charge in [0, 0.05) is 22.6 Å². The summed E-state index contributed by atoms with van der Waals surface area (Å²) in [5.74, 6) is 0.958. The first kappa shape index (κ1) is 13.6. The summed E-state index contributed by atoms with van der Waals surface area (Å²) >= 11 is 3.62. The van der Waals surface area contributed by atoms with Crippen LogP contribution in [0.4, 0.5) is 0 Å². The van der Waals surface area contributed by atoms with Gasteiger partial charge in [0.05, 0.1) is 10.7 Å². The lowest BCUT2D eigenvalue weighted by Crippen LogP contribution is -2.04. The summed E-state index contributed by atoms with van der Waals surface area (Å²) < 4.78 is 0. The molecule has 2 nitrogen and oxygen atoms in total. The Balaban J connectivity index is 1.94. The lowest BCUT2D eigenvalue weighted by molar-refractivity contribution is 0.815. The fourth-order valence-corrected chi connectivity index (χ4v) is 3.41. The van der Waals surface area contributed by atoms with E-state index in [1.807, 2.05) is 18.8 Å². The molecule has 0 atom stereocenters. The summed E-state index contributed by atoms with van der Waals surface area (Å²) in [5, 5.41) is 6.58. The normalized spacial score (nSPS) is 10.8. The van der Waals surface area contributed by atoms with Crippen LogP contribution < -0.4 is 5.32 Å². The summed E-state index contributed by atoms with van der Waals surface area (Å²) in [6.07, 6.45) is 1.03. The zero-order chi connectivity index (χ0) is 12.8. The summed E-state index contributed by atoms with van der Waals surface area (Å²) in [6.45, 7) is 3.07. The molecule has 0 unspecified atom stereocenters. The zero-order valence-corrected chi connectivity index (χ0v) is 12.4. The van der Waals surface area contributed by atoms with E-state index in [2.05, 4.69) is 46.9 Å². The van der Waals surface area contributed by atoms with Crippen molar-refractivity contribution in [2.24, 2.45) is 0 Å². The van der Waals surface area contributed by atoms with Gasteiger partial charge in [-0.3, -0.25) is 0 Å². The molecule has 0 spiro atoms. The predicted octanol–water partition coefficient (Wildman–Crippen LogP) is 3.72. The van der Waals surface area contributed by atoms with Crippen molar-refractivity contribution in [3.8, 4) is 0 Å². The molecule has 1 aromatic carbocycles. The topological polar surface area (TPSA) is 24.9 Å². The molecule has 0 bridgehead atoms. The van der Waals surface area contributed by atoms with Crippen molar-refractivity contribution < 1.29 is 0 Å². The average Bonchev–Trinajstić information content (AvgIpc) is 2.85. The quantitative estimate of drug-likeness (QED) is 0.815. The fourth-order valence-electron chi connectivity index (χ4n) is 1.68. The second-order valence-electron chi connectivity index (χ2n) is 4.05. The molecule has 0 radical (unpaired) electrons. The third kappa shape index (κ3) is 3.83. The monoisotopic (exact) mass is 278 g/mol. The molecule has 4 heteroatoms. The molecule has 1 heterocycles. The van der Waals surface area contributed by atoms with Crippen LogP contribution in [-0.2, 0) is 18.7 Å². The molecule has 0 fully saturated rings. The van der Waals surface area contributed by atoms with E-state index in [4.69, 9.17) is 0 Å². The lowest BCUT2D eigenvalue weighted by Gasteiger charge is -2.03. The van der Waals surface area contributed by atoms with Gasteiger partial charge in [-0.1, -0.05) is 19.1 Å². The van der Waals surface area contributed by atoms with Crippen LogP contribution in [0.25, 0.3) is 0 Å². The zero-order valence-electron chi connectivity index (χ0n) is 10.8. The lowest BCUT2D eigenvalue weighted by atomic mass is 10.2. The van der Waals surface area contributed by atoms with Crippen molar-refractivity contribution in [2.45, 2.75) is 30.5 Å². The Kier molecular flexibility index (Phi) is 5.23. The number of hydrogen-bond donors (Lipinski definition) is 1. The van der Waals surface area contributed by atoms with Gasteiger partial charge in [0.25, 0.3) is 0 Å². The largest absolute Gasteiger partial charge is 0.316 e. The third-order valence-electron chi connectivity index (χ3n) is 2.57. The first-order valence-electron chi connectivity index (χ1n) is 6.11. The van der Waals surface area contributed by atoms with E-state index >= 15 is 0 Å². The highest BCUT2D eigenvalue weighted by molar-refractivity contribution is 7.98. The maximum atomic E-state index is 4.59.